The van der Waals surface area contributed by atoms with Gasteiger partial charge in [0.05, 0.1) is 5.70 Å². The van der Waals surface area contributed by atoms with Crippen molar-refractivity contribution in [2.75, 3.05) is 0 Å². The standard InChI is InChI=1S/C10H15ClN2O/c1-4-6-8(10(11)12-3)13-9(14)7-5-2/h4,6H,3,5,7H2,1-2H3,(H,13,14)/b6-4-,10-8+. The predicted molar refractivity (Wildman–Crippen MR) is 60.3 cm³/mol. The summed E-state index contributed by atoms with van der Waals surface area (Å²) in [4.78, 5) is 14.8. The molecule has 0 saturated carbocycles. The Labute approximate surface area is 89.6 Å². The van der Waals surface area contributed by atoms with Crippen molar-refractivity contribution in [2.45, 2.75) is 26.7 Å². The molecule has 0 spiro atoms. The second-order valence-corrected chi connectivity index (χ2v) is 3.02. The molecule has 0 fully saturated rings. The van der Waals surface area contributed by atoms with E-state index in [4.69, 9.17) is 11.6 Å². The second kappa shape index (κ2) is 7.33. The lowest BCUT2D eigenvalue weighted by atomic mass is 10.3. The molecular formula is C10H15ClN2O. The Morgan fingerprint density at radius 3 is 2.71 bits per heavy atom. The van der Waals surface area contributed by atoms with Gasteiger partial charge in [-0.2, -0.15) is 0 Å². The van der Waals surface area contributed by atoms with Crippen molar-refractivity contribution in [1.82, 2.24) is 5.32 Å². The average Bonchev–Trinajstić information content (AvgIpc) is 2.16. The summed E-state index contributed by atoms with van der Waals surface area (Å²) in [6.07, 6.45) is 4.73. The molecule has 0 aromatic rings. The van der Waals surface area contributed by atoms with E-state index in [9.17, 15) is 4.79 Å². The lowest BCUT2D eigenvalue weighted by Crippen LogP contribution is -2.21. The predicted octanol–water partition coefficient (Wildman–Crippen LogP) is 2.59. The molecule has 0 radical (unpaired) electrons. The fourth-order valence-electron chi connectivity index (χ4n) is 0.854. The molecule has 1 amide bonds. The maximum atomic E-state index is 11.2. The van der Waals surface area contributed by atoms with Gasteiger partial charge < -0.3 is 5.32 Å². The van der Waals surface area contributed by atoms with Gasteiger partial charge in [0, 0.05) is 6.42 Å². The maximum absolute atomic E-state index is 11.2. The van der Waals surface area contributed by atoms with Gasteiger partial charge in [-0.25, -0.2) is 0 Å². The lowest BCUT2D eigenvalue weighted by Gasteiger charge is -2.05. The molecule has 78 valence electrons. The van der Waals surface area contributed by atoms with Crippen LogP contribution < -0.4 is 5.32 Å². The van der Waals surface area contributed by atoms with Crippen molar-refractivity contribution in [2.24, 2.45) is 4.99 Å². The third-order valence-corrected chi connectivity index (χ3v) is 1.77. The van der Waals surface area contributed by atoms with Crippen LogP contribution in [0.1, 0.15) is 26.7 Å². The third-order valence-electron chi connectivity index (χ3n) is 1.45. The first-order valence-electron chi connectivity index (χ1n) is 4.44. The Morgan fingerprint density at radius 2 is 2.29 bits per heavy atom. The van der Waals surface area contributed by atoms with Crippen LogP contribution in [0.25, 0.3) is 0 Å². The van der Waals surface area contributed by atoms with Crippen molar-refractivity contribution in [3.63, 3.8) is 0 Å². The van der Waals surface area contributed by atoms with E-state index in [1.807, 2.05) is 13.8 Å². The zero-order valence-corrected chi connectivity index (χ0v) is 9.27. The average molecular weight is 215 g/mol. The van der Waals surface area contributed by atoms with Gasteiger partial charge in [0.2, 0.25) is 5.91 Å². The van der Waals surface area contributed by atoms with Crippen LogP contribution in [0.3, 0.4) is 0 Å². The Hall–Kier alpha value is -1.09. The summed E-state index contributed by atoms with van der Waals surface area (Å²) in [5.41, 5.74) is 0.489. The van der Waals surface area contributed by atoms with E-state index in [0.717, 1.165) is 6.42 Å². The molecule has 0 aromatic carbocycles. The van der Waals surface area contributed by atoms with Gasteiger partial charge in [0.1, 0.15) is 0 Å². The Morgan fingerprint density at radius 1 is 1.64 bits per heavy atom. The van der Waals surface area contributed by atoms with Crippen LogP contribution in [0, 0.1) is 0 Å². The fourth-order valence-corrected chi connectivity index (χ4v) is 0.964. The largest absolute Gasteiger partial charge is 0.323 e. The number of rotatable bonds is 5. The minimum absolute atomic E-state index is 0.0672. The minimum atomic E-state index is -0.0672. The quantitative estimate of drug-likeness (QED) is 0.427. The topological polar surface area (TPSA) is 41.5 Å². The van der Waals surface area contributed by atoms with Crippen molar-refractivity contribution in [3.8, 4) is 0 Å². The molecule has 0 atom stereocenters. The summed E-state index contributed by atoms with van der Waals surface area (Å²) in [6, 6.07) is 0. The van der Waals surface area contributed by atoms with Crippen LogP contribution in [-0.4, -0.2) is 12.6 Å². The number of hydrogen-bond acceptors (Lipinski definition) is 2. The highest BCUT2D eigenvalue weighted by Crippen LogP contribution is 2.09. The number of hydrogen-bond donors (Lipinski definition) is 1. The molecule has 0 saturated heterocycles. The van der Waals surface area contributed by atoms with Crippen LogP contribution in [0.5, 0.6) is 0 Å². The van der Waals surface area contributed by atoms with Crippen LogP contribution in [0.4, 0.5) is 0 Å². The number of halogens is 1. The normalized spacial score (nSPS) is 12.5. The molecule has 0 aromatic heterocycles. The summed E-state index contributed by atoms with van der Waals surface area (Å²) < 4.78 is 0. The van der Waals surface area contributed by atoms with Crippen LogP contribution >= 0.6 is 11.6 Å². The fraction of sp³-hybridized carbons (Fsp3) is 0.400. The SMILES string of the molecule is C=N/C(Cl)=C(\C=C/C)NC(=O)CCC. The second-order valence-electron chi connectivity index (χ2n) is 2.66. The van der Waals surface area contributed by atoms with Crippen LogP contribution in [0.2, 0.25) is 0 Å². The number of carbonyl (C=O) groups excluding carboxylic acids is 1. The highest BCUT2D eigenvalue weighted by atomic mass is 35.5. The smallest absolute Gasteiger partial charge is 0.224 e. The monoisotopic (exact) mass is 214 g/mol. The van der Waals surface area contributed by atoms with Gasteiger partial charge in [-0.15, -0.1) is 0 Å². The van der Waals surface area contributed by atoms with Gasteiger partial charge in [0.15, 0.2) is 5.16 Å². The molecule has 0 aliphatic heterocycles. The van der Waals surface area contributed by atoms with E-state index in [1.165, 1.54) is 0 Å². The molecular weight excluding hydrogens is 200 g/mol. The molecule has 0 rings (SSSR count). The molecule has 14 heavy (non-hydrogen) atoms. The first-order valence-corrected chi connectivity index (χ1v) is 4.82. The van der Waals surface area contributed by atoms with Crippen molar-refractivity contribution in [1.29, 1.82) is 0 Å². The van der Waals surface area contributed by atoms with E-state index in [-0.39, 0.29) is 11.1 Å². The molecule has 3 nitrogen and oxygen atoms in total. The third kappa shape index (κ3) is 4.82. The van der Waals surface area contributed by atoms with Gasteiger partial charge in [0.25, 0.3) is 0 Å². The van der Waals surface area contributed by atoms with E-state index < -0.39 is 0 Å². The Balaban J connectivity index is 4.54. The Kier molecular flexibility index (Phi) is 6.76. The van der Waals surface area contributed by atoms with Crippen molar-refractivity contribution >= 4 is 24.2 Å². The summed E-state index contributed by atoms with van der Waals surface area (Å²) in [5.74, 6) is -0.0672. The number of nitrogens with one attached hydrogen (secondary N) is 1. The van der Waals surface area contributed by atoms with Gasteiger partial charge in [-0.05, 0) is 26.1 Å². The zero-order valence-electron chi connectivity index (χ0n) is 8.51. The summed E-state index contributed by atoms with van der Waals surface area (Å²) >= 11 is 5.74. The van der Waals surface area contributed by atoms with Crippen LogP contribution in [-0.2, 0) is 4.79 Å². The van der Waals surface area contributed by atoms with Gasteiger partial charge in [-0.3, -0.25) is 9.79 Å². The number of nitrogens with zero attached hydrogens (tertiary/aromatic N) is 1. The molecule has 0 bridgehead atoms. The summed E-state index contributed by atoms with van der Waals surface area (Å²) in [7, 11) is 0. The summed E-state index contributed by atoms with van der Waals surface area (Å²) in [5, 5.41) is 2.86. The lowest BCUT2D eigenvalue weighted by molar-refractivity contribution is -0.120. The Bertz CT molecular complexity index is 269. The van der Waals surface area contributed by atoms with E-state index in [1.54, 1.807) is 12.2 Å². The number of aliphatic imine (C=N–C) groups is 1. The zero-order chi connectivity index (χ0) is 11.0. The van der Waals surface area contributed by atoms with E-state index in [0.29, 0.717) is 12.1 Å². The van der Waals surface area contributed by atoms with Crippen molar-refractivity contribution < 1.29 is 4.79 Å². The molecule has 0 aliphatic rings. The van der Waals surface area contributed by atoms with E-state index in [2.05, 4.69) is 17.0 Å². The van der Waals surface area contributed by atoms with Crippen LogP contribution in [0.15, 0.2) is 28.0 Å². The molecule has 0 unspecified atom stereocenters. The van der Waals surface area contributed by atoms with Crippen molar-refractivity contribution in [3.05, 3.63) is 23.0 Å². The molecule has 4 heteroatoms. The summed E-state index contributed by atoms with van der Waals surface area (Å²) in [6.45, 7) is 7.06. The molecule has 0 heterocycles. The first-order chi connectivity index (χ1) is 6.65. The first kappa shape index (κ1) is 12.9. The number of amides is 1. The molecule has 0 aliphatic carbocycles. The molecule has 1 N–H and O–H groups in total. The highest BCUT2D eigenvalue weighted by molar-refractivity contribution is 6.30. The highest BCUT2D eigenvalue weighted by Gasteiger charge is 2.04. The maximum Gasteiger partial charge on any atom is 0.224 e. The minimum Gasteiger partial charge on any atom is -0.323 e. The van der Waals surface area contributed by atoms with Gasteiger partial charge >= 0.3 is 0 Å². The number of allylic oxidation sites excluding steroid dienone is 2. The van der Waals surface area contributed by atoms with E-state index >= 15 is 0 Å². The van der Waals surface area contributed by atoms with Gasteiger partial charge in [-0.1, -0.05) is 24.6 Å². The number of carbonyl (C=O) groups is 1.